The summed E-state index contributed by atoms with van der Waals surface area (Å²) in [5, 5.41) is 11.2. The molecule has 0 spiro atoms. The number of likely N-dealkylation sites (N-methyl/N-ethyl adjacent to an activating group) is 2. The highest BCUT2D eigenvalue weighted by Gasteiger charge is 2.34. The molecular formula is C48H68N12O4. The van der Waals surface area contributed by atoms with Crippen LogP contribution in [0.4, 0.5) is 32.6 Å². The van der Waals surface area contributed by atoms with Crippen LogP contribution < -0.4 is 31.1 Å². The lowest BCUT2D eigenvalue weighted by Gasteiger charge is -2.39. The van der Waals surface area contributed by atoms with E-state index < -0.39 is 0 Å². The van der Waals surface area contributed by atoms with Gasteiger partial charge in [0.05, 0.1) is 49.9 Å². The molecule has 64 heavy (non-hydrogen) atoms. The lowest BCUT2D eigenvalue weighted by molar-refractivity contribution is 0.0982. The van der Waals surface area contributed by atoms with E-state index in [1.807, 2.05) is 62.4 Å². The Hall–Kier alpha value is -5.42. The number of urea groups is 2. The topological polar surface area (TPSA) is 165 Å². The molecule has 4 aliphatic rings. The summed E-state index contributed by atoms with van der Waals surface area (Å²) in [7, 11) is 0. The van der Waals surface area contributed by atoms with E-state index in [4.69, 9.17) is 29.4 Å². The molecule has 4 atom stereocenters. The Balaban J connectivity index is 0.000000191. The lowest BCUT2D eigenvalue weighted by atomic mass is 9.97. The van der Waals surface area contributed by atoms with Crippen LogP contribution in [0.5, 0.6) is 0 Å². The smallest absolute Gasteiger partial charge is 0.319 e. The van der Waals surface area contributed by atoms with Crippen molar-refractivity contribution in [3.05, 3.63) is 71.0 Å². The molecular weight excluding hydrogens is 809 g/mol. The zero-order valence-electron chi connectivity index (χ0n) is 39.0. The van der Waals surface area contributed by atoms with Gasteiger partial charge in [-0.05, 0) is 116 Å². The Kier molecular flexibility index (Phi) is 15.6. The molecule has 0 unspecified atom stereocenters. The Labute approximate surface area is 378 Å². The summed E-state index contributed by atoms with van der Waals surface area (Å²) in [4.78, 5) is 53.6. The summed E-state index contributed by atoms with van der Waals surface area (Å²) >= 11 is 0. The van der Waals surface area contributed by atoms with Gasteiger partial charge in [0, 0.05) is 85.0 Å². The van der Waals surface area contributed by atoms with Crippen molar-refractivity contribution >= 4 is 35.1 Å². The van der Waals surface area contributed by atoms with Crippen LogP contribution in [0.25, 0.3) is 22.8 Å². The number of nitrogens with one attached hydrogen (secondary N) is 4. The van der Waals surface area contributed by atoms with Gasteiger partial charge >= 0.3 is 12.1 Å². The molecule has 0 radical (unpaired) electrons. The molecule has 4 N–H and O–H groups in total. The zero-order chi connectivity index (χ0) is 45.3. The Morgan fingerprint density at radius 3 is 1.31 bits per heavy atom. The van der Waals surface area contributed by atoms with Crippen LogP contribution in [-0.4, -0.2) is 133 Å². The number of hydrogen-bond donors (Lipinski definition) is 4. The molecule has 0 bridgehead atoms. The number of morpholine rings is 2. The van der Waals surface area contributed by atoms with E-state index >= 15 is 0 Å². The fraction of sp³-hybridized carbons (Fsp3) is 0.542. The minimum absolute atomic E-state index is 0.206. The summed E-state index contributed by atoms with van der Waals surface area (Å²) in [6.45, 7) is 26.8. The SMILES string of the molecule is CCNC(=O)Nc1ccc(-c2nc3c(c(N4CCOC[C@@H]4C)n2)CCN(CC)[C@@H]3C)cc1.CCNC(=O)Nc1ccc(-c2nc3c(c(N4CCOC[C@@H]4C)n2)CCN(CC)[C@H]3C)cc1. The Morgan fingerprint density at radius 1 is 0.578 bits per heavy atom. The van der Waals surface area contributed by atoms with Crippen LogP contribution in [0.1, 0.15) is 90.0 Å². The van der Waals surface area contributed by atoms with Crippen molar-refractivity contribution in [2.75, 3.05) is 99.2 Å². The molecule has 344 valence electrons. The molecule has 2 aromatic carbocycles. The number of anilines is 4. The van der Waals surface area contributed by atoms with Gasteiger partial charge in [-0.3, -0.25) is 9.80 Å². The van der Waals surface area contributed by atoms with E-state index in [0.29, 0.717) is 26.3 Å². The van der Waals surface area contributed by atoms with E-state index in [1.54, 1.807) is 0 Å². The van der Waals surface area contributed by atoms with Gasteiger partial charge in [-0.1, -0.05) is 13.8 Å². The minimum Gasteiger partial charge on any atom is -0.377 e. The Bertz CT molecular complexity index is 2050. The van der Waals surface area contributed by atoms with Crippen LogP contribution in [0, 0.1) is 0 Å². The number of benzene rings is 2. The number of carbonyl (C=O) groups excluding carboxylic acids is 2. The highest BCUT2D eigenvalue weighted by Crippen LogP contribution is 2.38. The van der Waals surface area contributed by atoms with E-state index in [-0.39, 0.29) is 36.2 Å². The number of nitrogens with zero attached hydrogens (tertiary/aromatic N) is 8. The van der Waals surface area contributed by atoms with Crippen LogP contribution >= 0.6 is 0 Å². The molecule has 8 rings (SSSR count). The van der Waals surface area contributed by atoms with E-state index in [9.17, 15) is 9.59 Å². The summed E-state index contributed by atoms with van der Waals surface area (Å²) in [5.41, 5.74) is 8.16. The van der Waals surface area contributed by atoms with Gasteiger partial charge in [0.15, 0.2) is 11.6 Å². The average molecular weight is 877 g/mol. The van der Waals surface area contributed by atoms with Crippen LogP contribution in [0.2, 0.25) is 0 Å². The number of amides is 4. The summed E-state index contributed by atoms with van der Waals surface area (Å²) in [6, 6.07) is 16.1. The van der Waals surface area contributed by atoms with Gasteiger partial charge < -0.3 is 40.5 Å². The molecule has 2 saturated heterocycles. The molecule has 16 heteroatoms. The third-order valence-electron chi connectivity index (χ3n) is 12.8. The molecule has 16 nitrogen and oxygen atoms in total. The number of ether oxygens (including phenoxy) is 2. The lowest BCUT2D eigenvalue weighted by Crippen LogP contribution is -2.45. The fourth-order valence-corrected chi connectivity index (χ4v) is 9.15. The van der Waals surface area contributed by atoms with Gasteiger partial charge in [0.25, 0.3) is 0 Å². The second-order valence-electron chi connectivity index (χ2n) is 16.9. The van der Waals surface area contributed by atoms with Crippen molar-refractivity contribution < 1.29 is 19.1 Å². The molecule has 0 aliphatic carbocycles. The van der Waals surface area contributed by atoms with Crippen LogP contribution in [-0.2, 0) is 22.3 Å². The molecule has 4 aromatic rings. The minimum atomic E-state index is -0.206. The van der Waals surface area contributed by atoms with E-state index in [2.05, 4.69) is 82.4 Å². The quantitative estimate of drug-likeness (QED) is 0.131. The van der Waals surface area contributed by atoms with Crippen molar-refractivity contribution in [1.82, 2.24) is 40.4 Å². The summed E-state index contributed by atoms with van der Waals surface area (Å²) < 4.78 is 11.4. The normalized spacial score (nSPS) is 21.2. The average Bonchev–Trinajstić information content (AvgIpc) is 3.30. The second-order valence-corrected chi connectivity index (χ2v) is 16.9. The van der Waals surface area contributed by atoms with Gasteiger partial charge in [-0.25, -0.2) is 29.5 Å². The third kappa shape index (κ3) is 10.6. The largest absolute Gasteiger partial charge is 0.377 e. The van der Waals surface area contributed by atoms with Gasteiger partial charge in [0.1, 0.15) is 11.6 Å². The number of carbonyl (C=O) groups is 2. The van der Waals surface area contributed by atoms with Crippen molar-refractivity contribution in [2.24, 2.45) is 0 Å². The Morgan fingerprint density at radius 2 is 0.969 bits per heavy atom. The van der Waals surface area contributed by atoms with Gasteiger partial charge in [-0.15, -0.1) is 0 Å². The van der Waals surface area contributed by atoms with E-state index in [0.717, 1.165) is 122 Å². The van der Waals surface area contributed by atoms with Gasteiger partial charge in [-0.2, -0.15) is 0 Å². The maximum absolute atomic E-state index is 11.8. The van der Waals surface area contributed by atoms with Crippen LogP contribution in [0.3, 0.4) is 0 Å². The first kappa shape index (κ1) is 46.6. The van der Waals surface area contributed by atoms with Crippen LogP contribution in [0.15, 0.2) is 48.5 Å². The molecule has 2 aromatic heterocycles. The standard InChI is InChI=1S/2C24H34N6O2/c2*1-5-25-24(31)26-19-9-7-18(8-10-19)22-27-21-17(4)29(6-2)12-11-20(21)23(28-22)30-13-14-32-15-16(30)3/h2*7-10,16-17H,5-6,11-15H2,1-4H3,(H2,25,26,31)/t16-,17+;16-,17-/m00/s1. The number of aromatic nitrogens is 4. The molecule has 2 fully saturated rings. The summed E-state index contributed by atoms with van der Waals surface area (Å²) in [6.07, 6.45) is 1.92. The van der Waals surface area contributed by atoms with Crippen molar-refractivity contribution in [3.63, 3.8) is 0 Å². The van der Waals surface area contributed by atoms with Crippen molar-refractivity contribution in [1.29, 1.82) is 0 Å². The number of hydrogen-bond acceptors (Lipinski definition) is 12. The first-order chi connectivity index (χ1) is 31.0. The predicted molar refractivity (Wildman–Crippen MR) is 254 cm³/mol. The first-order valence-electron chi connectivity index (χ1n) is 23.3. The highest BCUT2D eigenvalue weighted by molar-refractivity contribution is 5.90. The second kappa shape index (κ2) is 21.5. The van der Waals surface area contributed by atoms with E-state index in [1.165, 1.54) is 11.1 Å². The fourth-order valence-electron chi connectivity index (χ4n) is 9.15. The maximum atomic E-state index is 11.8. The van der Waals surface area contributed by atoms with Crippen molar-refractivity contribution in [3.8, 4) is 22.8 Å². The molecule has 4 amide bonds. The van der Waals surface area contributed by atoms with Crippen molar-refractivity contribution in [2.45, 2.75) is 92.4 Å². The zero-order valence-corrected chi connectivity index (χ0v) is 39.0. The number of fused-ring (bicyclic) bond motifs is 2. The van der Waals surface area contributed by atoms with Gasteiger partial charge in [0.2, 0.25) is 0 Å². The highest BCUT2D eigenvalue weighted by atomic mass is 16.5. The first-order valence-corrected chi connectivity index (χ1v) is 23.3. The summed E-state index contributed by atoms with van der Waals surface area (Å²) in [5.74, 6) is 3.56. The molecule has 0 saturated carbocycles. The monoisotopic (exact) mass is 877 g/mol. The molecule has 4 aliphatic heterocycles. The maximum Gasteiger partial charge on any atom is 0.319 e. The third-order valence-corrected chi connectivity index (χ3v) is 12.8. The molecule has 6 heterocycles. The number of rotatable bonds is 10. The predicted octanol–water partition coefficient (Wildman–Crippen LogP) is 6.90.